The number of benzene rings is 1. The molecule has 9 nitrogen and oxygen atoms in total. The molecule has 2 amide bonds. The third-order valence-electron chi connectivity index (χ3n) is 6.79. The van der Waals surface area contributed by atoms with E-state index in [-0.39, 0.29) is 18.6 Å². The number of amides is 2. The van der Waals surface area contributed by atoms with Crippen molar-refractivity contribution < 1.29 is 24.2 Å². The summed E-state index contributed by atoms with van der Waals surface area (Å²) in [5.41, 5.74) is 6.98. The summed E-state index contributed by atoms with van der Waals surface area (Å²) in [7, 11) is 0. The maximum atomic E-state index is 12.3. The first kappa shape index (κ1) is 25.3. The highest BCUT2D eigenvalue weighted by Gasteiger charge is 2.30. The fourth-order valence-corrected chi connectivity index (χ4v) is 4.44. The second-order valence-corrected chi connectivity index (χ2v) is 9.00. The van der Waals surface area contributed by atoms with E-state index in [0.717, 1.165) is 37.2 Å². The van der Waals surface area contributed by atoms with E-state index in [0.29, 0.717) is 44.5 Å². The average molecular weight is 463 g/mol. The smallest absolute Gasteiger partial charge is 0.407 e. The highest BCUT2D eigenvalue weighted by Crippen LogP contribution is 2.31. The Labute approximate surface area is 196 Å². The molecule has 2 heterocycles. The maximum Gasteiger partial charge on any atom is 0.407 e. The highest BCUT2D eigenvalue weighted by molar-refractivity contribution is 5.94. The van der Waals surface area contributed by atoms with E-state index in [4.69, 9.17) is 15.2 Å². The van der Waals surface area contributed by atoms with Crippen molar-refractivity contribution in [3.63, 3.8) is 0 Å². The van der Waals surface area contributed by atoms with Crippen LogP contribution >= 0.6 is 0 Å². The minimum atomic E-state index is -0.632. The number of anilines is 1. The fourth-order valence-electron chi connectivity index (χ4n) is 4.44. The largest absolute Gasteiger partial charge is 0.490 e. The second-order valence-electron chi connectivity index (χ2n) is 9.00. The van der Waals surface area contributed by atoms with E-state index in [1.54, 1.807) is 0 Å². The summed E-state index contributed by atoms with van der Waals surface area (Å²) in [6, 6.07) is 5.63. The maximum absolute atomic E-state index is 12.3. The van der Waals surface area contributed by atoms with Crippen molar-refractivity contribution in [2.24, 2.45) is 5.73 Å². The zero-order valence-electron chi connectivity index (χ0n) is 19.8. The summed E-state index contributed by atoms with van der Waals surface area (Å²) in [6.45, 7) is 6.50. The van der Waals surface area contributed by atoms with Crippen molar-refractivity contribution in [2.75, 3.05) is 38.1 Å². The number of carbonyl (C=O) groups is 2. The molecule has 2 aliphatic rings. The number of ether oxygens (including phenoxy) is 2. The Morgan fingerprint density at radius 3 is 2.70 bits per heavy atom. The molecule has 184 valence electrons. The number of hydrogen-bond donors (Lipinski definition) is 4. The molecule has 0 saturated carbocycles. The Bertz CT molecular complexity index is 798. The molecule has 9 heteroatoms. The third-order valence-corrected chi connectivity index (χ3v) is 6.79. The first-order chi connectivity index (χ1) is 15.9. The van der Waals surface area contributed by atoms with Gasteiger partial charge in [0.2, 0.25) is 5.91 Å². The first-order valence-electron chi connectivity index (χ1n) is 12.0. The van der Waals surface area contributed by atoms with Gasteiger partial charge in [-0.15, -0.1) is 0 Å². The Balaban J connectivity index is 1.39. The average Bonchev–Trinajstić information content (AvgIpc) is 2.82. The molecule has 5 N–H and O–H groups in total. The lowest BCUT2D eigenvalue weighted by molar-refractivity contribution is -0.116. The van der Waals surface area contributed by atoms with Crippen LogP contribution in [0.4, 0.5) is 10.5 Å². The van der Waals surface area contributed by atoms with Gasteiger partial charge in [0, 0.05) is 49.9 Å². The zero-order chi connectivity index (χ0) is 23.8. The first-order valence-corrected chi connectivity index (χ1v) is 12.0. The predicted molar refractivity (Wildman–Crippen MR) is 126 cm³/mol. The van der Waals surface area contributed by atoms with Crippen molar-refractivity contribution in [3.05, 3.63) is 23.8 Å². The van der Waals surface area contributed by atoms with Gasteiger partial charge in [0.05, 0.1) is 0 Å². The Morgan fingerprint density at radius 2 is 2.03 bits per heavy atom. The molecule has 0 spiro atoms. The van der Waals surface area contributed by atoms with Gasteiger partial charge >= 0.3 is 6.09 Å². The topological polar surface area (TPSA) is 126 Å². The Morgan fingerprint density at radius 1 is 1.30 bits per heavy atom. The number of aliphatic hydroxyl groups excluding tert-OH is 1. The molecule has 1 saturated heterocycles. The van der Waals surface area contributed by atoms with Crippen LogP contribution in [0.15, 0.2) is 18.2 Å². The minimum Gasteiger partial charge on any atom is -0.490 e. The number of fused-ring (bicyclic) bond motifs is 1. The number of hydrogen-bond acceptors (Lipinski definition) is 7. The summed E-state index contributed by atoms with van der Waals surface area (Å²) < 4.78 is 11.5. The summed E-state index contributed by atoms with van der Waals surface area (Å²) >= 11 is 0. The molecule has 1 fully saturated rings. The van der Waals surface area contributed by atoms with E-state index in [1.165, 1.54) is 0 Å². The molecule has 0 radical (unpaired) electrons. The summed E-state index contributed by atoms with van der Waals surface area (Å²) in [4.78, 5) is 26.1. The van der Waals surface area contributed by atoms with Gasteiger partial charge in [-0.05, 0) is 44.2 Å². The van der Waals surface area contributed by atoms with Crippen LogP contribution in [0.2, 0.25) is 0 Å². The van der Waals surface area contributed by atoms with Crippen molar-refractivity contribution in [1.82, 2.24) is 10.2 Å². The molecule has 1 aromatic carbocycles. The lowest BCUT2D eigenvalue weighted by Gasteiger charge is -2.35. The van der Waals surface area contributed by atoms with Crippen LogP contribution in [-0.4, -0.2) is 72.5 Å². The van der Waals surface area contributed by atoms with Gasteiger partial charge in [-0.25, -0.2) is 4.79 Å². The number of nitrogens with zero attached hydrogens (tertiary/aromatic N) is 1. The SMILES string of the molecule is CCC(CC)(CN)OC(=O)NC1CCN(CC(O)COc2cccc3c2CCC(=O)N3)CC1. The number of likely N-dealkylation sites (tertiary alicyclic amines) is 1. The number of aliphatic hydroxyl groups is 1. The van der Waals surface area contributed by atoms with Gasteiger partial charge in [0.15, 0.2) is 0 Å². The van der Waals surface area contributed by atoms with Crippen molar-refractivity contribution in [3.8, 4) is 5.75 Å². The van der Waals surface area contributed by atoms with E-state index < -0.39 is 17.8 Å². The summed E-state index contributed by atoms with van der Waals surface area (Å²) in [5.74, 6) is 0.723. The van der Waals surface area contributed by atoms with Crippen LogP contribution in [-0.2, 0) is 16.0 Å². The molecule has 3 rings (SSSR count). The molecule has 33 heavy (non-hydrogen) atoms. The summed E-state index contributed by atoms with van der Waals surface area (Å²) in [6.07, 6.45) is 3.00. The predicted octanol–water partition coefficient (Wildman–Crippen LogP) is 2.02. The fraction of sp³-hybridized carbons (Fsp3) is 0.667. The zero-order valence-corrected chi connectivity index (χ0v) is 19.8. The van der Waals surface area contributed by atoms with Gasteiger partial charge in [-0.1, -0.05) is 19.9 Å². The Hall–Kier alpha value is -2.36. The van der Waals surface area contributed by atoms with Gasteiger partial charge in [-0.2, -0.15) is 0 Å². The van der Waals surface area contributed by atoms with Crippen LogP contribution in [0, 0.1) is 0 Å². The standard InChI is InChI=1S/C24H38N4O5/c1-3-24(4-2,16-25)33-23(31)26-17-10-12-28(13-11-17)14-18(29)15-32-21-7-5-6-20-19(21)8-9-22(30)27-20/h5-7,17-18,29H,3-4,8-16,25H2,1-2H3,(H,26,31)(H,27,30). The van der Waals surface area contributed by atoms with E-state index in [9.17, 15) is 14.7 Å². The van der Waals surface area contributed by atoms with Crippen LogP contribution in [0.3, 0.4) is 0 Å². The van der Waals surface area contributed by atoms with Gasteiger partial charge in [0.1, 0.15) is 24.1 Å². The number of nitrogens with two attached hydrogens (primary N) is 1. The molecular formula is C24H38N4O5. The number of nitrogens with one attached hydrogen (secondary N) is 2. The lowest BCUT2D eigenvalue weighted by Crippen LogP contribution is -2.50. The number of piperidine rings is 1. The van der Waals surface area contributed by atoms with Crippen LogP contribution in [0.5, 0.6) is 5.75 Å². The normalized spacial score (nSPS) is 18.2. The lowest BCUT2D eigenvalue weighted by atomic mass is 9.97. The third kappa shape index (κ3) is 6.82. The van der Waals surface area contributed by atoms with Crippen molar-refractivity contribution >= 4 is 17.7 Å². The van der Waals surface area contributed by atoms with Crippen molar-refractivity contribution in [2.45, 2.75) is 70.1 Å². The van der Waals surface area contributed by atoms with Crippen molar-refractivity contribution in [1.29, 1.82) is 0 Å². The number of rotatable bonds is 10. The molecule has 1 unspecified atom stereocenters. The van der Waals surface area contributed by atoms with Crippen LogP contribution in [0.25, 0.3) is 0 Å². The quantitative estimate of drug-likeness (QED) is 0.419. The second kappa shape index (κ2) is 11.7. The number of carbonyl (C=O) groups excluding carboxylic acids is 2. The molecule has 1 atom stereocenters. The van der Waals surface area contributed by atoms with E-state index in [1.807, 2.05) is 32.0 Å². The Kier molecular flexibility index (Phi) is 8.94. The molecule has 0 aliphatic carbocycles. The number of β-amino-alcohol motifs (C(OH)–C–C–N with tert-alkyl or cyclic N) is 1. The van der Waals surface area contributed by atoms with Gasteiger partial charge < -0.3 is 35.8 Å². The monoisotopic (exact) mass is 462 g/mol. The molecule has 1 aromatic rings. The van der Waals surface area contributed by atoms with Gasteiger partial charge in [0.25, 0.3) is 0 Å². The number of alkyl carbamates (subject to hydrolysis) is 1. The highest BCUT2D eigenvalue weighted by atomic mass is 16.6. The minimum absolute atomic E-state index is 0.0141. The van der Waals surface area contributed by atoms with E-state index in [2.05, 4.69) is 15.5 Å². The van der Waals surface area contributed by atoms with Crippen LogP contribution < -0.4 is 21.1 Å². The molecule has 0 aromatic heterocycles. The molecular weight excluding hydrogens is 424 g/mol. The van der Waals surface area contributed by atoms with Crippen LogP contribution in [0.1, 0.15) is 51.5 Å². The van der Waals surface area contributed by atoms with E-state index >= 15 is 0 Å². The molecule has 2 aliphatic heterocycles. The van der Waals surface area contributed by atoms with Gasteiger partial charge in [-0.3, -0.25) is 4.79 Å². The summed E-state index contributed by atoms with van der Waals surface area (Å²) in [5, 5.41) is 16.3. The molecule has 0 bridgehead atoms.